The smallest absolute Gasteiger partial charge is 0.410 e. The van der Waals surface area contributed by atoms with Crippen LogP contribution < -0.4 is 55.7 Å². The van der Waals surface area contributed by atoms with Crippen molar-refractivity contribution in [1.82, 2.24) is 58.9 Å². The highest BCUT2D eigenvalue weighted by atomic mass is 16.6. The van der Waals surface area contributed by atoms with E-state index in [0.29, 0.717) is 77.0 Å². The van der Waals surface area contributed by atoms with E-state index in [2.05, 4.69) is 41.5 Å². The summed E-state index contributed by atoms with van der Waals surface area (Å²) < 4.78 is 68.8. The highest BCUT2D eigenvalue weighted by molar-refractivity contribution is 6.00. The minimum Gasteiger partial charge on any atom is -0.496 e. The number of hydrogen-bond acceptors (Lipinski definition) is 24. The monoisotopic (exact) mass is 1690 g/mol. The fourth-order valence-corrected chi connectivity index (χ4v) is 17.0. The third-order valence-electron chi connectivity index (χ3n) is 23.5. The Bertz CT molecular complexity index is 5290. The Kier molecular flexibility index (Phi) is 31.5. The molecule has 15 rings (SSSR count). The Morgan fingerprint density at radius 3 is 0.959 bits per heavy atom. The van der Waals surface area contributed by atoms with Gasteiger partial charge in [0.2, 0.25) is 0 Å². The van der Waals surface area contributed by atoms with Gasteiger partial charge in [-0.1, -0.05) is 0 Å². The van der Waals surface area contributed by atoms with Crippen molar-refractivity contribution in [2.75, 3.05) is 121 Å². The summed E-state index contributed by atoms with van der Waals surface area (Å²) in [5.74, 6) is 4.04. The number of aldehydes is 1. The van der Waals surface area contributed by atoms with Crippen LogP contribution in [0.15, 0.2) is 125 Å². The van der Waals surface area contributed by atoms with Crippen LogP contribution in [0.1, 0.15) is 140 Å². The maximum atomic E-state index is 12.7. The van der Waals surface area contributed by atoms with Crippen molar-refractivity contribution < 1.29 is 66.5 Å². The first-order valence-electron chi connectivity index (χ1n) is 43.0. The standard InChI is InChI=1S/C33H44N4O6.C28H36N4O4.C18H16N2O4.C15H28N2O3/c1-33(2,3)43-32(39)37-15-10-24(11-16-37)42-23-8-13-36(14-9-23)20-22-17-30(41-6)26(18-29(22)40-5)28-21-35(4)31(38)27-19-34-12-7-25(27)28;1-31-18-25(22-6-11-30-16-24(22)28(31)33)23-15-26(34-2)19(14-27(23)35-3)17-32-12-7-21(8-13-32)36-20-4-9-29-10-5-20;1-20-9-15(12-4-5-19-8-14(12)18(20)22)13-7-16(23-2)11(10-21)6-17(13)24-3;1-15(2,3)20-14(18)17-10-6-13(7-11-17)19-12-4-8-16-9-5-12/h7,12,17-19,21,23-24H,8-11,13-16,20H2,1-6H3;6,11,14-16,18,20-21,29H,4-5,7-10,12-13,17H2,1-3H3;4-10H,1-3H3;12-13,16H,4-11H2,1-3H3. The van der Waals surface area contributed by atoms with Gasteiger partial charge in [-0.15, -0.1) is 0 Å². The number of amides is 2. The lowest BCUT2D eigenvalue weighted by molar-refractivity contribution is -0.0669. The highest BCUT2D eigenvalue weighted by Gasteiger charge is 2.34. The van der Waals surface area contributed by atoms with Gasteiger partial charge in [0.1, 0.15) is 45.7 Å². The highest BCUT2D eigenvalue weighted by Crippen LogP contribution is 2.43. The van der Waals surface area contributed by atoms with Crippen LogP contribution in [0.25, 0.3) is 65.7 Å². The lowest BCUT2D eigenvalue weighted by Crippen LogP contribution is -2.45. The number of pyridine rings is 6. The van der Waals surface area contributed by atoms with Gasteiger partial charge in [0.05, 0.1) is 101 Å². The number of methoxy groups -OCH3 is 6. The van der Waals surface area contributed by atoms with Gasteiger partial charge in [0, 0.05) is 187 Å². The average molecular weight is 1690 g/mol. The first-order chi connectivity index (χ1) is 59.2. The molecule has 0 spiro atoms. The molecule has 123 heavy (non-hydrogen) atoms. The van der Waals surface area contributed by atoms with Gasteiger partial charge in [-0.25, -0.2) is 9.59 Å². The van der Waals surface area contributed by atoms with Gasteiger partial charge in [-0.3, -0.25) is 43.9 Å². The first kappa shape index (κ1) is 91.7. The van der Waals surface area contributed by atoms with Crippen LogP contribution in [-0.2, 0) is 57.9 Å². The number of nitrogens with zero attached hydrogens (tertiary/aromatic N) is 10. The van der Waals surface area contributed by atoms with Crippen LogP contribution in [0.5, 0.6) is 34.5 Å². The molecule has 6 aliphatic heterocycles. The summed E-state index contributed by atoms with van der Waals surface area (Å²) in [6.07, 6.45) is 29.4. The molecule has 0 aliphatic carbocycles. The van der Waals surface area contributed by atoms with E-state index < -0.39 is 11.2 Å². The van der Waals surface area contributed by atoms with E-state index >= 15 is 0 Å². The molecule has 0 radical (unpaired) electrons. The quantitative estimate of drug-likeness (QED) is 0.0670. The fourth-order valence-electron chi connectivity index (χ4n) is 17.0. The lowest BCUT2D eigenvalue weighted by Gasteiger charge is -2.37. The summed E-state index contributed by atoms with van der Waals surface area (Å²) in [7, 11) is 15.0. The molecule has 29 nitrogen and oxygen atoms in total. The Morgan fingerprint density at radius 2 is 0.667 bits per heavy atom. The number of aromatic nitrogens is 6. The Labute approximate surface area is 720 Å². The van der Waals surface area contributed by atoms with Gasteiger partial charge in [-0.2, -0.15) is 0 Å². The van der Waals surface area contributed by atoms with Gasteiger partial charge < -0.3 is 86.2 Å². The molecule has 6 aromatic heterocycles. The molecule has 2 N–H and O–H groups in total. The molecule has 29 heteroatoms. The summed E-state index contributed by atoms with van der Waals surface area (Å²) in [5.41, 5.74) is 6.41. The van der Waals surface area contributed by atoms with Gasteiger partial charge in [0.15, 0.2) is 6.29 Å². The van der Waals surface area contributed by atoms with E-state index in [1.807, 2.05) is 84.3 Å². The summed E-state index contributed by atoms with van der Waals surface area (Å²) in [6, 6.07) is 17.0. The van der Waals surface area contributed by atoms with Crippen LogP contribution in [0.2, 0.25) is 0 Å². The van der Waals surface area contributed by atoms with Crippen molar-refractivity contribution in [2.24, 2.45) is 21.1 Å². The number of hydrogen-bond donors (Lipinski definition) is 2. The first-order valence-corrected chi connectivity index (χ1v) is 43.0. The molecular formula is C94H124N12O17. The van der Waals surface area contributed by atoms with Gasteiger partial charge in [-0.05, 0) is 216 Å². The van der Waals surface area contributed by atoms with Crippen molar-refractivity contribution in [1.29, 1.82) is 0 Å². The maximum Gasteiger partial charge on any atom is 0.410 e. The minimum absolute atomic E-state index is 0.0723. The van der Waals surface area contributed by atoms with E-state index in [-0.39, 0.29) is 41.1 Å². The Hall–Kier alpha value is -10.5. The predicted molar refractivity (Wildman–Crippen MR) is 475 cm³/mol. The van der Waals surface area contributed by atoms with Crippen LogP contribution in [-0.4, -0.2) is 236 Å². The molecule has 2 amide bonds. The molecule has 0 unspecified atom stereocenters. The Morgan fingerprint density at radius 1 is 0.382 bits per heavy atom. The minimum atomic E-state index is -0.481. The lowest BCUT2D eigenvalue weighted by atomic mass is 9.98. The van der Waals surface area contributed by atoms with E-state index in [4.69, 9.17) is 52.1 Å². The zero-order valence-corrected chi connectivity index (χ0v) is 74.2. The van der Waals surface area contributed by atoms with Crippen molar-refractivity contribution in [3.63, 3.8) is 0 Å². The second-order valence-electron chi connectivity index (χ2n) is 34.4. The van der Waals surface area contributed by atoms with E-state index in [0.717, 1.165) is 239 Å². The average Bonchev–Trinajstić information content (AvgIpc) is 0.772. The third-order valence-corrected chi connectivity index (χ3v) is 23.5. The number of piperidine rings is 6. The fraction of sp³-hybridized carbons (Fsp3) is 0.521. The number of ether oxygens (including phenoxy) is 11. The number of fused-ring (bicyclic) bond motifs is 3. The van der Waals surface area contributed by atoms with E-state index in [9.17, 15) is 28.8 Å². The van der Waals surface area contributed by atoms with Crippen molar-refractivity contribution in [3.05, 3.63) is 158 Å². The number of aryl methyl sites for hydroxylation is 3. The number of nitrogens with one attached hydrogen (secondary N) is 2. The number of rotatable bonds is 20. The van der Waals surface area contributed by atoms with Gasteiger partial charge >= 0.3 is 12.2 Å². The van der Waals surface area contributed by atoms with Crippen LogP contribution in [0, 0.1) is 0 Å². The molecule has 662 valence electrons. The number of carbonyl (C=O) groups excluding carboxylic acids is 3. The van der Waals surface area contributed by atoms with Crippen molar-refractivity contribution >= 4 is 50.8 Å². The van der Waals surface area contributed by atoms with Crippen LogP contribution in [0.4, 0.5) is 9.59 Å². The second kappa shape index (κ2) is 42.2. The normalized spacial score (nSPS) is 17.1. The van der Waals surface area contributed by atoms with Crippen LogP contribution in [0.3, 0.4) is 0 Å². The predicted octanol–water partition coefficient (Wildman–Crippen LogP) is 12.9. The summed E-state index contributed by atoms with van der Waals surface area (Å²) >= 11 is 0. The van der Waals surface area contributed by atoms with E-state index in [1.54, 1.807) is 130 Å². The number of likely N-dealkylation sites (tertiary alicyclic amines) is 4. The molecule has 3 aromatic carbocycles. The molecule has 9 aromatic rings. The van der Waals surface area contributed by atoms with Crippen LogP contribution >= 0.6 is 0 Å². The third kappa shape index (κ3) is 23.5. The maximum absolute atomic E-state index is 12.7. The Balaban J connectivity index is 0.000000156. The molecular weight excluding hydrogens is 1570 g/mol. The molecule has 12 heterocycles. The van der Waals surface area contributed by atoms with Gasteiger partial charge in [0.25, 0.3) is 16.7 Å². The number of carbonyl (C=O) groups is 3. The largest absolute Gasteiger partial charge is 0.496 e. The molecule has 0 atom stereocenters. The second-order valence-corrected chi connectivity index (χ2v) is 34.4. The van der Waals surface area contributed by atoms with Crippen molar-refractivity contribution in [2.45, 2.75) is 180 Å². The summed E-state index contributed by atoms with van der Waals surface area (Å²) in [4.78, 5) is 94.1. The zero-order chi connectivity index (χ0) is 87.7. The van der Waals surface area contributed by atoms with Crippen molar-refractivity contribution in [3.8, 4) is 67.9 Å². The molecule has 6 saturated heterocycles. The number of benzene rings is 3. The molecule has 6 fully saturated rings. The summed E-state index contributed by atoms with van der Waals surface area (Å²) in [6.45, 7) is 23.8. The summed E-state index contributed by atoms with van der Waals surface area (Å²) in [5, 5.41) is 10.8. The van der Waals surface area contributed by atoms with E-state index in [1.165, 1.54) is 18.8 Å². The molecule has 6 aliphatic rings. The zero-order valence-electron chi connectivity index (χ0n) is 74.2. The molecule has 0 bridgehead atoms. The molecule has 0 saturated carbocycles. The topological polar surface area (TPSA) is 294 Å². The SMILES string of the molecule is CC(C)(C)OC(=O)N1CCC(OC2CCNCC2)CC1.COc1cc(-c2cn(C)c(=O)c3cnccc23)c(OC)cc1C=O.COc1cc(-c2cn(C)c(=O)c3cnccc23)c(OC)cc1CN1CCC(OC2CCN(C(=O)OC(C)(C)C)CC2)CC1.COc1cc(-c2cn(C)c(=O)c3cnccc23)c(OC)cc1CN1CCC(OC2CCNCC2)CC1.